The number of aromatic nitrogens is 3. The van der Waals surface area contributed by atoms with E-state index in [-0.39, 0.29) is 49.5 Å². The molecule has 0 spiro atoms. The minimum Gasteiger partial charge on any atom is -0.476 e. The first kappa shape index (κ1) is 23.3. The first-order chi connectivity index (χ1) is 14.8. The second-order valence-corrected chi connectivity index (χ2v) is 7.13. The van der Waals surface area contributed by atoms with Gasteiger partial charge in [-0.05, 0) is 23.8 Å². The Labute approximate surface area is 177 Å². The van der Waals surface area contributed by atoms with Crippen molar-refractivity contribution in [3.05, 3.63) is 40.6 Å². The maximum Gasteiger partial charge on any atom is 0.416 e. The molecule has 1 amide bonds. The van der Waals surface area contributed by atoms with Crippen molar-refractivity contribution in [2.75, 3.05) is 31.1 Å². The van der Waals surface area contributed by atoms with E-state index in [4.69, 9.17) is 0 Å². The summed E-state index contributed by atoms with van der Waals surface area (Å²) in [4.78, 5) is 26.1. The Morgan fingerprint density at radius 3 is 1.94 bits per heavy atom. The highest BCUT2D eigenvalue weighted by atomic mass is 19.4. The maximum atomic E-state index is 13.1. The molecule has 1 N–H and O–H groups in total. The van der Waals surface area contributed by atoms with E-state index < -0.39 is 41.7 Å². The molecule has 0 saturated carbocycles. The summed E-state index contributed by atoms with van der Waals surface area (Å²) < 4.78 is 79.8. The molecule has 1 saturated heterocycles. The standard InChI is InChI=1S/C18H17F6N5O3/c1-10(30)27-2-4-28(5-3-27)15-14(16(31)32)25-26-29(15)9-11-6-12(17(19,20)21)8-13(7-11)18(22,23)24/h6-8H,2-5,9H2,1H3,(H,31,32). The number of amides is 1. The van der Waals surface area contributed by atoms with Gasteiger partial charge in [0, 0.05) is 33.1 Å². The molecular weight excluding hydrogens is 448 g/mol. The number of hydrogen-bond acceptors (Lipinski definition) is 5. The number of carboxylic acids is 1. The second-order valence-electron chi connectivity index (χ2n) is 7.13. The fourth-order valence-electron chi connectivity index (χ4n) is 3.38. The average molecular weight is 465 g/mol. The van der Waals surface area contributed by atoms with Crippen molar-refractivity contribution < 1.29 is 41.0 Å². The molecule has 0 aliphatic carbocycles. The number of nitrogens with zero attached hydrogens (tertiary/aromatic N) is 5. The Kier molecular flexibility index (Phi) is 6.07. The predicted octanol–water partition coefficient (Wildman–Crippen LogP) is 2.73. The van der Waals surface area contributed by atoms with E-state index in [1.54, 1.807) is 0 Å². The van der Waals surface area contributed by atoms with Gasteiger partial charge in [0.15, 0.2) is 5.82 Å². The Morgan fingerprint density at radius 2 is 1.50 bits per heavy atom. The number of aromatic carboxylic acids is 1. The SMILES string of the molecule is CC(=O)N1CCN(c2c(C(=O)O)nnn2Cc2cc(C(F)(F)F)cc(C(F)(F)F)c2)CC1. The molecule has 0 unspecified atom stereocenters. The van der Waals surface area contributed by atoms with Crippen LogP contribution in [0.25, 0.3) is 0 Å². The third-order valence-electron chi connectivity index (χ3n) is 4.92. The summed E-state index contributed by atoms with van der Waals surface area (Å²) >= 11 is 0. The van der Waals surface area contributed by atoms with Crippen LogP contribution in [0.4, 0.5) is 32.2 Å². The van der Waals surface area contributed by atoms with Crippen LogP contribution in [-0.2, 0) is 23.7 Å². The fourth-order valence-corrected chi connectivity index (χ4v) is 3.38. The molecule has 174 valence electrons. The molecule has 2 heterocycles. The molecule has 2 aromatic rings. The quantitative estimate of drug-likeness (QED) is 0.699. The third-order valence-corrected chi connectivity index (χ3v) is 4.92. The molecule has 0 atom stereocenters. The monoisotopic (exact) mass is 465 g/mol. The average Bonchev–Trinajstić information content (AvgIpc) is 3.10. The highest BCUT2D eigenvalue weighted by Gasteiger charge is 2.37. The zero-order valence-corrected chi connectivity index (χ0v) is 16.5. The number of carboxylic acid groups (broad SMARTS) is 1. The lowest BCUT2D eigenvalue weighted by molar-refractivity contribution is -0.143. The predicted molar refractivity (Wildman–Crippen MR) is 97.0 cm³/mol. The van der Waals surface area contributed by atoms with Gasteiger partial charge in [0.05, 0.1) is 17.7 Å². The summed E-state index contributed by atoms with van der Waals surface area (Å²) in [5.74, 6) is -1.70. The van der Waals surface area contributed by atoms with Crippen LogP contribution >= 0.6 is 0 Å². The van der Waals surface area contributed by atoms with Crippen LogP contribution in [0.3, 0.4) is 0 Å². The summed E-state index contributed by atoms with van der Waals surface area (Å²) in [5.41, 5.74) is -3.85. The van der Waals surface area contributed by atoms with Crippen molar-refractivity contribution in [1.29, 1.82) is 0 Å². The molecule has 1 aliphatic rings. The highest BCUT2D eigenvalue weighted by molar-refractivity contribution is 5.91. The molecule has 1 aromatic carbocycles. The number of hydrogen-bond donors (Lipinski definition) is 1. The lowest BCUT2D eigenvalue weighted by Gasteiger charge is -2.35. The van der Waals surface area contributed by atoms with Crippen LogP contribution in [0.1, 0.15) is 34.1 Å². The van der Waals surface area contributed by atoms with Gasteiger partial charge in [-0.15, -0.1) is 5.10 Å². The van der Waals surface area contributed by atoms with E-state index in [1.165, 1.54) is 16.7 Å². The smallest absolute Gasteiger partial charge is 0.416 e. The Hall–Kier alpha value is -3.32. The van der Waals surface area contributed by atoms with Crippen LogP contribution in [0.2, 0.25) is 0 Å². The van der Waals surface area contributed by atoms with Crippen LogP contribution in [0.5, 0.6) is 0 Å². The van der Waals surface area contributed by atoms with Crippen LogP contribution in [-0.4, -0.2) is 63.1 Å². The minimum atomic E-state index is -5.02. The molecule has 1 aliphatic heterocycles. The normalized spacial score (nSPS) is 15.2. The highest BCUT2D eigenvalue weighted by Crippen LogP contribution is 2.36. The topological polar surface area (TPSA) is 91.6 Å². The zero-order valence-electron chi connectivity index (χ0n) is 16.5. The van der Waals surface area contributed by atoms with Crippen LogP contribution in [0.15, 0.2) is 18.2 Å². The van der Waals surface area contributed by atoms with Gasteiger partial charge >= 0.3 is 18.3 Å². The minimum absolute atomic E-state index is 0.00933. The summed E-state index contributed by atoms with van der Waals surface area (Å²) in [7, 11) is 0. The number of alkyl halides is 6. The molecule has 8 nitrogen and oxygen atoms in total. The number of carbonyl (C=O) groups is 2. The number of benzene rings is 1. The van der Waals surface area contributed by atoms with Gasteiger partial charge in [0.1, 0.15) is 0 Å². The van der Waals surface area contributed by atoms with E-state index in [0.29, 0.717) is 12.1 Å². The van der Waals surface area contributed by atoms with E-state index in [2.05, 4.69) is 10.3 Å². The van der Waals surface area contributed by atoms with Gasteiger partial charge in [0.25, 0.3) is 0 Å². The second kappa shape index (κ2) is 8.31. The number of carbonyl (C=O) groups excluding carboxylic acids is 1. The van der Waals surface area contributed by atoms with Gasteiger partial charge in [-0.3, -0.25) is 4.79 Å². The molecule has 0 radical (unpaired) electrons. The largest absolute Gasteiger partial charge is 0.476 e. The van der Waals surface area contributed by atoms with Gasteiger partial charge in [0.2, 0.25) is 11.6 Å². The zero-order chi connectivity index (χ0) is 23.8. The van der Waals surface area contributed by atoms with E-state index in [0.717, 1.165) is 4.68 Å². The van der Waals surface area contributed by atoms with Crippen LogP contribution in [0, 0.1) is 0 Å². The van der Waals surface area contributed by atoms with Crippen molar-refractivity contribution in [2.45, 2.75) is 25.8 Å². The van der Waals surface area contributed by atoms with Gasteiger partial charge in [-0.1, -0.05) is 5.21 Å². The van der Waals surface area contributed by atoms with Gasteiger partial charge in [-0.2, -0.15) is 26.3 Å². The molecule has 3 rings (SSSR count). The molecule has 32 heavy (non-hydrogen) atoms. The lowest BCUT2D eigenvalue weighted by Crippen LogP contribution is -2.49. The van der Waals surface area contributed by atoms with Crippen molar-refractivity contribution in [2.24, 2.45) is 0 Å². The summed E-state index contributed by atoms with van der Waals surface area (Å²) in [6, 6.07) is 1.11. The van der Waals surface area contributed by atoms with Crippen molar-refractivity contribution >= 4 is 17.7 Å². The number of rotatable bonds is 4. The third kappa shape index (κ3) is 4.94. The fraction of sp³-hybridized carbons (Fsp3) is 0.444. The molecule has 1 aromatic heterocycles. The number of piperazine rings is 1. The first-order valence-electron chi connectivity index (χ1n) is 9.23. The molecule has 1 fully saturated rings. The maximum absolute atomic E-state index is 13.1. The first-order valence-corrected chi connectivity index (χ1v) is 9.23. The Bertz CT molecular complexity index is 993. The summed E-state index contributed by atoms with van der Waals surface area (Å²) in [6.45, 7) is 1.67. The molecule has 0 bridgehead atoms. The molecular formula is C18H17F6N5O3. The van der Waals surface area contributed by atoms with Gasteiger partial charge < -0.3 is 14.9 Å². The van der Waals surface area contributed by atoms with E-state index >= 15 is 0 Å². The Morgan fingerprint density at radius 1 is 0.969 bits per heavy atom. The number of anilines is 1. The lowest BCUT2D eigenvalue weighted by atomic mass is 10.0. The Balaban J connectivity index is 2.00. The van der Waals surface area contributed by atoms with Crippen molar-refractivity contribution in [3.63, 3.8) is 0 Å². The van der Waals surface area contributed by atoms with E-state index in [9.17, 15) is 41.0 Å². The van der Waals surface area contributed by atoms with E-state index in [1.807, 2.05) is 0 Å². The summed E-state index contributed by atoms with van der Waals surface area (Å²) in [6.07, 6.45) is -10.0. The number of halogens is 6. The van der Waals surface area contributed by atoms with Crippen LogP contribution < -0.4 is 4.90 Å². The molecule has 14 heteroatoms. The van der Waals surface area contributed by atoms with Gasteiger partial charge in [-0.25, -0.2) is 9.48 Å². The van der Waals surface area contributed by atoms with Crippen molar-refractivity contribution in [1.82, 2.24) is 19.9 Å². The van der Waals surface area contributed by atoms with Crippen molar-refractivity contribution in [3.8, 4) is 0 Å². The summed E-state index contributed by atoms with van der Waals surface area (Å²) in [5, 5.41) is 16.6.